The molecule has 26 heavy (non-hydrogen) atoms. The normalized spacial score (nSPS) is 10.6. The molecular weight excluding hydrogens is 330 g/mol. The monoisotopic (exact) mass is 351 g/mol. The van der Waals surface area contributed by atoms with Gasteiger partial charge in [0.05, 0.1) is 6.61 Å². The third kappa shape index (κ3) is 3.91. The number of aryl methyl sites for hydroxylation is 2. The number of nitrogens with zero attached hydrogens (tertiary/aromatic N) is 2. The molecular formula is C20H21N3O3. The molecule has 134 valence electrons. The number of hydrogen-bond acceptors (Lipinski definition) is 5. The van der Waals surface area contributed by atoms with Gasteiger partial charge in [-0.2, -0.15) is 0 Å². The second-order valence-corrected chi connectivity index (χ2v) is 6.11. The Labute approximate surface area is 152 Å². The van der Waals surface area contributed by atoms with Crippen molar-refractivity contribution in [3.63, 3.8) is 0 Å². The van der Waals surface area contributed by atoms with Gasteiger partial charge in [-0.15, -0.1) is 0 Å². The molecule has 1 amide bonds. The molecule has 6 heteroatoms. The zero-order valence-corrected chi connectivity index (χ0v) is 15.1. The van der Waals surface area contributed by atoms with E-state index in [1.54, 1.807) is 18.2 Å². The van der Waals surface area contributed by atoms with Gasteiger partial charge in [0.15, 0.2) is 5.69 Å². The molecule has 0 radical (unpaired) electrons. The number of rotatable bonds is 6. The number of ether oxygens (including phenoxy) is 1. The Hall–Kier alpha value is -3.15. The van der Waals surface area contributed by atoms with Gasteiger partial charge in [0.25, 0.3) is 5.91 Å². The second kappa shape index (κ2) is 7.82. The molecule has 1 N–H and O–H groups in total. The van der Waals surface area contributed by atoms with Crippen LogP contribution in [0.4, 0.5) is 5.82 Å². The first-order chi connectivity index (χ1) is 12.6. The molecule has 0 saturated heterocycles. The van der Waals surface area contributed by atoms with Gasteiger partial charge in [0.1, 0.15) is 5.75 Å². The van der Waals surface area contributed by atoms with E-state index in [1.165, 1.54) is 0 Å². The smallest absolute Gasteiger partial charge is 0.257 e. The van der Waals surface area contributed by atoms with Gasteiger partial charge >= 0.3 is 0 Å². The summed E-state index contributed by atoms with van der Waals surface area (Å²) in [5.74, 6) is 0.658. The molecule has 0 fully saturated rings. The van der Waals surface area contributed by atoms with Crippen molar-refractivity contribution in [2.24, 2.45) is 0 Å². The lowest BCUT2D eigenvalue weighted by atomic mass is 10.0. The molecule has 3 aromatic rings. The lowest BCUT2D eigenvalue weighted by Crippen LogP contribution is -2.13. The molecule has 3 rings (SSSR count). The third-order valence-electron chi connectivity index (χ3n) is 3.94. The lowest BCUT2D eigenvalue weighted by Gasteiger charge is -2.08. The summed E-state index contributed by atoms with van der Waals surface area (Å²) in [6, 6.07) is 13.0. The molecule has 0 spiro atoms. The van der Waals surface area contributed by atoms with Gasteiger partial charge in [-0.05, 0) is 60.4 Å². The second-order valence-electron chi connectivity index (χ2n) is 6.11. The molecule has 0 aliphatic carbocycles. The largest absolute Gasteiger partial charge is 0.494 e. The van der Waals surface area contributed by atoms with E-state index in [0.717, 1.165) is 23.1 Å². The quantitative estimate of drug-likeness (QED) is 0.712. The molecule has 0 bridgehead atoms. The van der Waals surface area contributed by atoms with Crippen LogP contribution in [0.3, 0.4) is 0 Å². The van der Waals surface area contributed by atoms with Crippen molar-refractivity contribution in [3.05, 3.63) is 59.2 Å². The van der Waals surface area contributed by atoms with Crippen molar-refractivity contribution in [3.8, 4) is 17.0 Å². The highest BCUT2D eigenvalue weighted by molar-refractivity contribution is 6.05. The van der Waals surface area contributed by atoms with Crippen molar-refractivity contribution in [1.29, 1.82) is 0 Å². The molecule has 1 aromatic heterocycles. The SMILES string of the molecule is CCCOc1cccc(C(=O)Nc2nonc2-c2cc(C)ccc2C)c1. The average Bonchev–Trinajstić information content (AvgIpc) is 3.10. The van der Waals surface area contributed by atoms with Crippen LogP contribution >= 0.6 is 0 Å². The molecule has 6 nitrogen and oxygen atoms in total. The van der Waals surface area contributed by atoms with E-state index in [2.05, 4.69) is 15.6 Å². The Balaban J connectivity index is 1.83. The highest BCUT2D eigenvalue weighted by Gasteiger charge is 2.18. The summed E-state index contributed by atoms with van der Waals surface area (Å²) in [5.41, 5.74) is 3.98. The first-order valence-corrected chi connectivity index (χ1v) is 8.53. The molecule has 0 atom stereocenters. The number of anilines is 1. The Morgan fingerprint density at radius 2 is 2.00 bits per heavy atom. The fourth-order valence-electron chi connectivity index (χ4n) is 2.56. The standard InChI is InChI=1S/C20H21N3O3/c1-4-10-25-16-7-5-6-15(12-16)20(24)21-19-18(22-26-23-19)17-11-13(2)8-9-14(17)3/h5-9,11-12H,4,10H2,1-3H3,(H,21,23,24). The molecule has 2 aromatic carbocycles. The zero-order chi connectivity index (χ0) is 18.5. The number of aromatic nitrogens is 2. The lowest BCUT2D eigenvalue weighted by molar-refractivity contribution is 0.102. The van der Waals surface area contributed by atoms with Crippen molar-refractivity contribution >= 4 is 11.7 Å². The van der Waals surface area contributed by atoms with E-state index in [0.29, 0.717) is 29.4 Å². The number of amides is 1. The summed E-state index contributed by atoms with van der Waals surface area (Å²) < 4.78 is 10.4. The minimum atomic E-state index is -0.297. The van der Waals surface area contributed by atoms with Crippen LogP contribution < -0.4 is 10.1 Å². The Morgan fingerprint density at radius 1 is 1.15 bits per heavy atom. The zero-order valence-electron chi connectivity index (χ0n) is 15.1. The highest BCUT2D eigenvalue weighted by atomic mass is 16.6. The summed E-state index contributed by atoms with van der Waals surface area (Å²) in [6.45, 7) is 6.61. The van der Waals surface area contributed by atoms with Crippen LogP contribution in [-0.2, 0) is 0 Å². The van der Waals surface area contributed by atoms with Gasteiger partial charge in [0.2, 0.25) is 5.82 Å². The van der Waals surface area contributed by atoms with E-state index < -0.39 is 0 Å². The molecule has 0 aliphatic rings. The predicted octanol–water partition coefficient (Wildman–Crippen LogP) is 4.39. The van der Waals surface area contributed by atoms with Gasteiger partial charge in [0, 0.05) is 11.1 Å². The van der Waals surface area contributed by atoms with Crippen molar-refractivity contribution in [1.82, 2.24) is 10.3 Å². The summed E-state index contributed by atoms with van der Waals surface area (Å²) in [6.07, 6.45) is 0.903. The van der Waals surface area contributed by atoms with E-state index in [9.17, 15) is 4.79 Å². The van der Waals surface area contributed by atoms with Crippen molar-refractivity contribution < 1.29 is 14.2 Å². The van der Waals surface area contributed by atoms with Crippen molar-refractivity contribution in [2.75, 3.05) is 11.9 Å². The summed E-state index contributed by atoms with van der Waals surface area (Å²) in [7, 11) is 0. The summed E-state index contributed by atoms with van der Waals surface area (Å²) in [5, 5.41) is 10.6. The van der Waals surface area contributed by atoms with Gasteiger partial charge in [-0.1, -0.05) is 30.7 Å². The maximum Gasteiger partial charge on any atom is 0.257 e. The van der Waals surface area contributed by atoms with Crippen LogP contribution in [0.2, 0.25) is 0 Å². The van der Waals surface area contributed by atoms with E-state index >= 15 is 0 Å². The van der Waals surface area contributed by atoms with Crippen LogP contribution in [0.1, 0.15) is 34.8 Å². The summed E-state index contributed by atoms with van der Waals surface area (Å²) >= 11 is 0. The minimum absolute atomic E-state index is 0.295. The first kappa shape index (κ1) is 17.7. The first-order valence-electron chi connectivity index (χ1n) is 8.53. The Kier molecular flexibility index (Phi) is 5.31. The van der Waals surface area contributed by atoms with Crippen LogP contribution in [0.25, 0.3) is 11.3 Å². The fourth-order valence-corrected chi connectivity index (χ4v) is 2.56. The number of hydrogen-bond donors (Lipinski definition) is 1. The molecule has 1 heterocycles. The van der Waals surface area contributed by atoms with E-state index in [4.69, 9.17) is 9.37 Å². The number of nitrogens with one attached hydrogen (secondary N) is 1. The molecule has 0 unspecified atom stereocenters. The average molecular weight is 351 g/mol. The van der Waals surface area contributed by atoms with Crippen LogP contribution in [0.15, 0.2) is 47.1 Å². The fraction of sp³-hybridized carbons (Fsp3) is 0.250. The van der Waals surface area contributed by atoms with E-state index in [-0.39, 0.29) is 5.91 Å². The van der Waals surface area contributed by atoms with Gasteiger partial charge < -0.3 is 10.1 Å². The molecule has 0 aliphatic heterocycles. The van der Waals surface area contributed by atoms with E-state index in [1.807, 2.05) is 45.0 Å². The Morgan fingerprint density at radius 3 is 2.81 bits per heavy atom. The maximum atomic E-state index is 12.6. The topological polar surface area (TPSA) is 77.2 Å². The minimum Gasteiger partial charge on any atom is -0.494 e. The predicted molar refractivity (Wildman–Crippen MR) is 99.4 cm³/mol. The molecule has 0 saturated carbocycles. The van der Waals surface area contributed by atoms with Crippen molar-refractivity contribution in [2.45, 2.75) is 27.2 Å². The summed E-state index contributed by atoms with van der Waals surface area (Å²) in [4.78, 5) is 12.6. The number of carbonyl (C=O) groups is 1. The Bertz CT molecular complexity index is 918. The highest BCUT2D eigenvalue weighted by Crippen LogP contribution is 2.28. The van der Waals surface area contributed by atoms with Crippen LogP contribution in [-0.4, -0.2) is 22.8 Å². The van der Waals surface area contributed by atoms with Gasteiger partial charge in [-0.25, -0.2) is 4.63 Å². The third-order valence-corrected chi connectivity index (χ3v) is 3.94. The number of carbonyl (C=O) groups excluding carboxylic acids is 1. The number of benzene rings is 2. The van der Waals surface area contributed by atoms with Crippen LogP contribution in [0, 0.1) is 13.8 Å². The maximum absolute atomic E-state index is 12.6. The van der Waals surface area contributed by atoms with Gasteiger partial charge in [-0.3, -0.25) is 4.79 Å². The van der Waals surface area contributed by atoms with Crippen LogP contribution in [0.5, 0.6) is 5.75 Å².